The molecule has 0 aromatic heterocycles. The first kappa shape index (κ1) is 14.2. The zero-order chi connectivity index (χ0) is 14.8. The van der Waals surface area contributed by atoms with E-state index in [9.17, 15) is 4.39 Å². The molecule has 5 heteroatoms. The highest BCUT2D eigenvalue weighted by atomic mass is 19.1. The highest BCUT2D eigenvalue weighted by Crippen LogP contribution is 2.38. The van der Waals surface area contributed by atoms with Gasteiger partial charge in [0.2, 0.25) is 0 Å². The van der Waals surface area contributed by atoms with Crippen molar-refractivity contribution in [1.82, 2.24) is 0 Å². The molecule has 1 heterocycles. The van der Waals surface area contributed by atoms with Gasteiger partial charge in [0.05, 0.1) is 0 Å². The molecule has 0 amide bonds. The van der Waals surface area contributed by atoms with Crippen LogP contribution in [-0.4, -0.2) is 24.1 Å². The molecule has 2 fully saturated rings. The van der Waals surface area contributed by atoms with Crippen molar-refractivity contribution in [1.29, 1.82) is 0 Å². The van der Waals surface area contributed by atoms with Crippen molar-refractivity contribution in [3.8, 4) is 0 Å². The molecule has 1 aliphatic heterocycles. The number of piperidine rings is 1. The van der Waals surface area contributed by atoms with Crippen LogP contribution in [0.25, 0.3) is 0 Å². The first-order valence-corrected chi connectivity index (χ1v) is 7.71. The van der Waals surface area contributed by atoms with Gasteiger partial charge in [0.25, 0.3) is 0 Å². The molecule has 4 nitrogen and oxygen atoms in total. The average molecular weight is 291 g/mol. The first-order valence-electron chi connectivity index (χ1n) is 7.71. The maximum Gasteiger partial charge on any atom is 0.172 e. The van der Waals surface area contributed by atoms with E-state index < -0.39 is 0 Å². The molecule has 21 heavy (non-hydrogen) atoms. The van der Waals surface area contributed by atoms with Gasteiger partial charge in [0.15, 0.2) is 5.84 Å². The minimum Gasteiger partial charge on any atom is -0.409 e. The van der Waals surface area contributed by atoms with Crippen LogP contribution in [-0.2, 0) is 0 Å². The number of hydrogen-bond acceptors (Lipinski definition) is 3. The maximum atomic E-state index is 13.5. The summed E-state index contributed by atoms with van der Waals surface area (Å²) in [6, 6.07) is 4.53. The summed E-state index contributed by atoms with van der Waals surface area (Å²) >= 11 is 0. The summed E-state index contributed by atoms with van der Waals surface area (Å²) in [6.07, 6.45) is 6.46. The van der Waals surface area contributed by atoms with E-state index in [1.54, 1.807) is 6.07 Å². The van der Waals surface area contributed by atoms with Crippen LogP contribution in [0, 0.1) is 17.7 Å². The number of fused-ring (bicyclic) bond motifs is 1. The van der Waals surface area contributed by atoms with Crippen molar-refractivity contribution in [2.24, 2.45) is 22.7 Å². The fourth-order valence-corrected chi connectivity index (χ4v) is 3.86. The number of halogens is 1. The number of hydrogen-bond donors (Lipinski definition) is 2. The molecule has 3 N–H and O–H groups in total. The largest absolute Gasteiger partial charge is 0.409 e. The number of anilines is 1. The fourth-order valence-electron chi connectivity index (χ4n) is 3.86. The Morgan fingerprint density at radius 2 is 2.00 bits per heavy atom. The van der Waals surface area contributed by atoms with Crippen LogP contribution in [0.1, 0.15) is 37.7 Å². The van der Waals surface area contributed by atoms with E-state index in [1.807, 2.05) is 0 Å². The average Bonchev–Trinajstić information content (AvgIpc) is 2.53. The Kier molecular flexibility index (Phi) is 3.99. The predicted octanol–water partition coefficient (Wildman–Crippen LogP) is 2.94. The van der Waals surface area contributed by atoms with Crippen molar-refractivity contribution >= 4 is 11.5 Å². The number of amidine groups is 1. The number of rotatable bonds is 2. The van der Waals surface area contributed by atoms with Crippen LogP contribution in [0.15, 0.2) is 23.4 Å². The third-order valence-corrected chi connectivity index (χ3v) is 4.97. The zero-order valence-electron chi connectivity index (χ0n) is 12.1. The van der Waals surface area contributed by atoms with Gasteiger partial charge in [-0.1, -0.05) is 24.4 Å². The second-order valence-corrected chi connectivity index (χ2v) is 6.19. The van der Waals surface area contributed by atoms with Crippen molar-refractivity contribution < 1.29 is 9.60 Å². The highest BCUT2D eigenvalue weighted by Gasteiger charge is 2.32. The molecule has 1 aromatic carbocycles. The lowest BCUT2D eigenvalue weighted by molar-refractivity contribution is 0.202. The zero-order valence-corrected chi connectivity index (χ0v) is 12.1. The first-order chi connectivity index (χ1) is 10.2. The van der Waals surface area contributed by atoms with Gasteiger partial charge in [-0.25, -0.2) is 4.39 Å². The Balaban J connectivity index is 1.86. The van der Waals surface area contributed by atoms with Crippen LogP contribution in [0.2, 0.25) is 0 Å². The van der Waals surface area contributed by atoms with Gasteiger partial charge in [-0.15, -0.1) is 0 Å². The van der Waals surface area contributed by atoms with Gasteiger partial charge >= 0.3 is 0 Å². The maximum absolute atomic E-state index is 13.5. The summed E-state index contributed by atoms with van der Waals surface area (Å²) in [4.78, 5) is 2.26. The Hall–Kier alpha value is -1.78. The Labute approximate surface area is 124 Å². The van der Waals surface area contributed by atoms with Crippen LogP contribution in [0.4, 0.5) is 10.1 Å². The predicted molar refractivity (Wildman–Crippen MR) is 81.2 cm³/mol. The SMILES string of the molecule is NC(=NO)c1cc(F)ccc1N1CCC2CCCCC2C1. The highest BCUT2D eigenvalue weighted by molar-refractivity contribution is 6.02. The molecule has 0 spiro atoms. The van der Waals surface area contributed by atoms with Gasteiger partial charge < -0.3 is 15.8 Å². The van der Waals surface area contributed by atoms with Crippen molar-refractivity contribution in [3.63, 3.8) is 0 Å². The smallest absolute Gasteiger partial charge is 0.172 e. The van der Waals surface area contributed by atoms with Crippen molar-refractivity contribution in [2.75, 3.05) is 18.0 Å². The molecule has 2 unspecified atom stereocenters. The van der Waals surface area contributed by atoms with E-state index in [0.29, 0.717) is 5.56 Å². The van der Waals surface area contributed by atoms with Crippen molar-refractivity contribution in [2.45, 2.75) is 32.1 Å². The summed E-state index contributed by atoms with van der Waals surface area (Å²) < 4.78 is 13.5. The van der Waals surface area contributed by atoms with Gasteiger partial charge in [0.1, 0.15) is 5.82 Å². The van der Waals surface area contributed by atoms with Crippen LogP contribution in [0.5, 0.6) is 0 Å². The number of nitrogens with two attached hydrogens (primary N) is 1. The fraction of sp³-hybridized carbons (Fsp3) is 0.562. The monoisotopic (exact) mass is 291 g/mol. The molecule has 3 rings (SSSR count). The Bertz CT molecular complexity index is 546. The van der Waals surface area contributed by atoms with Crippen LogP contribution < -0.4 is 10.6 Å². The molecule has 114 valence electrons. The molecule has 2 aliphatic rings. The lowest BCUT2D eigenvalue weighted by Crippen LogP contribution is -2.42. The third kappa shape index (κ3) is 2.82. The van der Waals surface area contributed by atoms with Crippen LogP contribution in [0.3, 0.4) is 0 Å². The molecule has 1 saturated carbocycles. The van der Waals surface area contributed by atoms with E-state index in [0.717, 1.165) is 30.6 Å². The molecule has 1 aromatic rings. The quantitative estimate of drug-likeness (QED) is 0.381. The lowest BCUT2D eigenvalue weighted by atomic mass is 9.75. The topological polar surface area (TPSA) is 61.9 Å². The summed E-state index contributed by atoms with van der Waals surface area (Å²) in [6.45, 7) is 1.94. The van der Waals surface area contributed by atoms with Gasteiger partial charge in [-0.2, -0.15) is 0 Å². The molecule has 2 atom stereocenters. The molecule has 1 aliphatic carbocycles. The lowest BCUT2D eigenvalue weighted by Gasteiger charge is -2.42. The molecule has 0 radical (unpaired) electrons. The van der Waals surface area contributed by atoms with Gasteiger partial charge in [0, 0.05) is 24.3 Å². The second kappa shape index (κ2) is 5.92. The van der Waals surface area contributed by atoms with Crippen molar-refractivity contribution in [3.05, 3.63) is 29.6 Å². The normalized spacial score (nSPS) is 26.5. The van der Waals surface area contributed by atoms with E-state index in [2.05, 4.69) is 10.1 Å². The number of benzene rings is 1. The van der Waals surface area contributed by atoms with E-state index in [1.165, 1.54) is 44.2 Å². The molecule has 0 bridgehead atoms. The summed E-state index contributed by atoms with van der Waals surface area (Å²) in [5.41, 5.74) is 7.06. The van der Waals surface area contributed by atoms with E-state index in [-0.39, 0.29) is 11.7 Å². The molecular formula is C16H22FN3O. The van der Waals surface area contributed by atoms with E-state index >= 15 is 0 Å². The second-order valence-electron chi connectivity index (χ2n) is 6.19. The van der Waals surface area contributed by atoms with Gasteiger partial charge in [-0.05, 0) is 42.9 Å². The number of oxime groups is 1. The summed E-state index contributed by atoms with van der Waals surface area (Å²) in [7, 11) is 0. The molecular weight excluding hydrogens is 269 g/mol. The number of nitrogens with zero attached hydrogens (tertiary/aromatic N) is 2. The van der Waals surface area contributed by atoms with E-state index in [4.69, 9.17) is 10.9 Å². The van der Waals surface area contributed by atoms with Gasteiger partial charge in [-0.3, -0.25) is 0 Å². The third-order valence-electron chi connectivity index (χ3n) is 4.97. The minimum absolute atomic E-state index is 0.0322. The summed E-state index contributed by atoms with van der Waals surface area (Å²) in [5, 5.41) is 11.9. The molecule has 1 saturated heterocycles. The minimum atomic E-state index is -0.368. The standard InChI is InChI=1S/C16H22FN3O/c17-13-5-6-15(14(9-13)16(18)19-21)20-8-7-11-3-1-2-4-12(11)10-20/h5-6,9,11-12,21H,1-4,7-8,10H2,(H2,18,19). The van der Waals surface area contributed by atoms with Crippen LogP contribution >= 0.6 is 0 Å². The summed E-state index contributed by atoms with van der Waals surface area (Å²) in [5.74, 6) is 1.16. The Morgan fingerprint density at radius 3 is 2.76 bits per heavy atom. The Morgan fingerprint density at radius 1 is 1.24 bits per heavy atom.